The van der Waals surface area contributed by atoms with Crippen LogP contribution in [0.1, 0.15) is 11.3 Å². The fourth-order valence-electron chi connectivity index (χ4n) is 3.36. The maximum atomic E-state index is 13.2. The number of amides is 1. The van der Waals surface area contributed by atoms with Crippen LogP contribution in [0.3, 0.4) is 0 Å². The highest BCUT2D eigenvalue weighted by Crippen LogP contribution is 2.36. The molecule has 0 atom stereocenters. The third-order valence-corrected chi connectivity index (χ3v) is 5.87. The molecule has 168 valence electrons. The van der Waals surface area contributed by atoms with E-state index < -0.39 is 17.6 Å². The lowest BCUT2D eigenvalue weighted by atomic mass is 10.1. The normalized spacial score (nSPS) is 14.4. The molecule has 1 aromatic heterocycles. The van der Waals surface area contributed by atoms with Gasteiger partial charge < -0.3 is 15.0 Å². The standard InChI is InChI=1S/C22H19F4N3O2S/c23-16-4-1-14(2-5-16)21-27-17(13-32-21)12-20(30)28-18-11-15(22(24,25)26)3-6-19(18)29-7-9-31-10-8-29/h1-6,11,13H,7-10,12H2,(H,28,30). The maximum absolute atomic E-state index is 13.2. The van der Waals surface area contributed by atoms with Crippen LogP contribution in [0.4, 0.5) is 28.9 Å². The molecule has 0 unspecified atom stereocenters. The minimum Gasteiger partial charge on any atom is -0.378 e. The van der Waals surface area contributed by atoms with E-state index in [0.717, 1.165) is 17.7 Å². The van der Waals surface area contributed by atoms with Gasteiger partial charge in [-0.15, -0.1) is 11.3 Å². The monoisotopic (exact) mass is 465 g/mol. The van der Waals surface area contributed by atoms with Gasteiger partial charge in [-0.3, -0.25) is 4.79 Å². The predicted molar refractivity (Wildman–Crippen MR) is 114 cm³/mol. The molecule has 0 aliphatic carbocycles. The van der Waals surface area contributed by atoms with E-state index >= 15 is 0 Å². The van der Waals surface area contributed by atoms with Gasteiger partial charge in [0.1, 0.15) is 10.8 Å². The third-order valence-electron chi connectivity index (χ3n) is 4.93. The van der Waals surface area contributed by atoms with Crippen molar-refractivity contribution in [3.05, 3.63) is 64.9 Å². The minimum absolute atomic E-state index is 0.0979. The molecule has 10 heteroatoms. The molecule has 0 saturated carbocycles. The number of benzene rings is 2. The van der Waals surface area contributed by atoms with E-state index in [1.165, 1.54) is 29.5 Å². The molecule has 2 aromatic carbocycles. The number of nitrogens with zero attached hydrogens (tertiary/aromatic N) is 2. The first kappa shape index (κ1) is 22.2. The second kappa shape index (κ2) is 9.25. The van der Waals surface area contributed by atoms with Gasteiger partial charge in [0.05, 0.1) is 42.3 Å². The first-order chi connectivity index (χ1) is 15.3. The molecule has 1 aliphatic rings. The van der Waals surface area contributed by atoms with E-state index in [2.05, 4.69) is 10.3 Å². The van der Waals surface area contributed by atoms with E-state index in [4.69, 9.17) is 4.74 Å². The molecule has 1 aliphatic heterocycles. The summed E-state index contributed by atoms with van der Waals surface area (Å²) in [5.74, 6) is -0.836. The molecule has 0 spiro atoms. The van der Waals surface area contributed by atoms with Crippen LogP contribution in [0.2, 0.25) is 0 Å². The van der Waals surface area contributed by atoms with Crippen LogP contribution >= 0.6 is 11.3 Å². The lowest BCUT2D eigenvalue weighted by Gasteiger charge is -2.31. The van der Waals surface area contributed by atoms with E-state index in [0.29, 0.717) is 42.7 Å². The summed E-state index contributed by atoms with van der Waals surface area (Å²) < 4.78 is 58.1. The van der Waals surface area contributed by atoms with E-state index in [1.54, 1.807) is 17.5 Å². The number of ether oxygens (including phenoxy) is 1. The lowest BCUT2D eigenvalue weighted by molar-refractivity contribution is -0.137. The lowest BCUT2D eigenvalue weighted by Crippen LogP contribution is -2.37. The van der Waals surface area contributed by atoms with E-state index in [9.17, 15) is 22.4 Å². The summed E-state index contributed by atoms with van der Waals surface area (Å²) >= 11 is 1.30. The molecule has 2 heterocycles. The van der Waals surface area contributed by atoms with Gasteiger partial charge in [-0.2, -0.15) is 13.2 Å². The summed E-state index contributed by atoms with van der Waals surface area (Å²) in [5.41, 5.74) is 0.972. The number of thiazole rings is 1. The number of morpholine rings is 1. The van der Waals surface area contributed by atoms with E-state index in [1.807, 2.05) is 4.90 Å². The van der Waals surface area contributed by atoms with Crippen molar-refractivity contribution in [3.63, 3.8) is 0 Å². The topological polar surface area (TPSA) is 54.5 Å². The highest BCUT2D eigenvalue weighted by molar-refractivity contribution is 7.13. The van der Waals surface area contributed by atoms with Crippen LogP contribution in [-0.2, 0) is 22.1 Å². The average molecular weight is 465 g/mol. The zero-order chi connectivity index (χ0) is 22.7. The number of hydrogen-bond donors (Lipinski definition) is 1. The summed E-state index contributed by atoms with van der Waals surface area (Å²) in [6.07, 6.45) is -4.63. The SMILES string of the molecule is O=C(Cc1csc(-c2ccc(F)cc2)n1)Nc1cc(C(F)(F)F)ccc1N1CCOCC1. The number of aromatic nitrogens is 1. The molecular weight excluding hydrogens is 446 g/mol. The van der Waals surface area contributed by atoms with Crippen LogP contribution in [0.25, 0.3) is 10.6 Å². The zero-order valence-electron chi connectivity index (χ0n) is 16.8. The van der Waals surface area contributed by atoms with Crippen molar-refractivity contribution in [1.82, 2.24) is 4.98 Å². The molecule has 1 amide bonds. The van der Waals surface area contributed by atoms with Crippen molar-refractivity contribution in [1.29, 1.82) is 0 Å². The number of nitrogens with one attached hydrogen (secondary N) is 1. The Kier molecular flexibility index (Phi) is 6.43. The van der Waals surface area contributed by atoms with Crippen LogP contribution in [0.15, 0.2) is 47.8 Å². The van der Waals surface area contributed by atoms with E-state index in [-0.39, 0.29) is 17.9 Å². The number of carbonyl (C=O) groups excluding carboxylic acids is 1. The fourth-order valence-corrected chi connectivity index (χ4v) is 4.19. The molecule has 4 rings (SSSR count). The van der Waals surface area contributed by atoms with Crippen molar-refractivity contribution in [2.24, 2.45) is 0 Å². The van der Waals surface area contributed by atoms with Gasteiger partial charge in [-0.1, -0.05) is 0 Å². The second-order valence-electron chi connectivity index (χ2n) is 7.20. The first-order valence-corrected chi connectivity index (χ1v) is 10.7. The molecule has 1 N–H and O–H groups in total. The fraction of sp³-hybridized carbons (Fsp3) is 0.273. The molecule has 5 nitrogen and oxygen atoms in total. The van der Waals surface area contributed by atoms with Gasteiger partial charge in [0, 0.05) is 24.0 Å². The summed E-state index contributed by atoms with van der Waals surface area (Å²) in [4.78, 5) is 18.9. The number of anilines is 2. The Balaban J connectivity index is 1.52. The van der Waals surface area contributed by atoms with Crippen LogP contribution in [0.5, 0.6) is 0 Å². The van der Waals surface area contributed by atoms with Crippen molar-refractivity contribution in [2.75, 3.05) is 36.5 Å². The molecule has 1 fully saturated rings. The number of alkyl halides is 3. The van der Waals surface area contributed by atoms with Crippen molar-refractivity contribution in [2.45, 2.75) is 12.6 Å². The summed E-state index contributed by atoms with van der Waals surface area (Å²) in [5, 5.41) is 4.95. The Morgan fingerprint density at radius 2 is 1.84 bits per heavy atom. The second-order valence-corrected chi connectivity index (χ2v) is 8.06. The van der Waals surface area contributed by atoms with Gasteiger partial charge in [0.15, 0.2) is 0 Å². The molecule has 3 aromatic rings. The summed E-state index contributed by atoms with van der Waals surface area (Å²) in [7, 11) is 0. The van der Waals surface area contributed by atoms with Crippen molar-refractivity contribution in [3.8, 4) is 10.6 Å². The van der Waals surface area contributed by atoms with Crippen LogP contribution < -0.4 is 10.2 Å². The molecule has 0 radical (unpaired) electrons. The highest BCUT2D eigenvalue weighted by Gasteiger charge is 2.32. The van der Waals surface area contributed by atoms with Crippen LogP contribution in [-0.4, -0.2) is 37.2 Å². The van der Waals surface area contributed by atoms with Gasteiger partial charge in [-0.05, 0) is 42.5 Å². The van der Waals surface area contributed by atoms with Gasteiger partial charge >= 0.3 is 6.18 Å². The highest BCUT2D eigenvalue weighted by atomic mass is 32.1. The Morgan fingerprint density at radius 1 is 1.12 bits per heavy atom. The van der Waals surface area contributed by atoms with Gasteiger partial charge in [0.2, 0.25) is 5.91 Å². The summed E-state index contributed by atoms with van der Waals surface area (Å²) in [6.45, 7) is 1.95. The number of carbonyl (C=O) groups is 1. The smallest absolute Gasteiger partial charge is 0.378 e. The average Bonchev–Trinajstić information content (AvgIpc) is 3.22. The quantitative estimate of drug-likeness (QED) is 0.540. The predicted octanol–water partition coefficient (Wildman–Crippen LogP) is 4.99. The Labute approximate surface area is 185 Å². The van der Waals surface area contributed by atoms with Crippen molar-refractivity contribution >= 4 is 28.6 Å². The Morgan fingerprint density at radius 3 is 2.53 bits per heavy atom. The Bertz CT molecular complexity index is 1090. The number of hydrogen-bond acceptors (Lipinski definition) is 5. The number of halogens is 4. The minimum atomic E-state index is -4.53. The number of rotatable bonds is 5. The molecular formula is C22H19F4N3O2S. The maximum Gasteiger partial charge on any atom is 0.416 e. The zero-order valence-corrected chi connectivity index (χ0v) is 17.6. The van der Waals surface area contributed by atoms with Crippen molar-refractivity contribution < 1.29 is 27.1 Å². The van der Waals surface area contributed by atoms with Crippen LogP contribution in [0, 0.1) is 5.82 Å². The molecule has 0 bridgehead atoms. The largest absolute Gasteiger partial charge is 0.416 e. The third kappa shape index (κ3) is 5.25. The Hall–Kier alpha value is -2.98. The van der Waals surface area contributed by atoms with Gasteiger partial charge in [0.25, 0.3) is 0 Å². The van der Waals surface area contributed by atoms with Gasteiger partial charge in [-0.25, -0.2) is 9.37 Å². The molecule has 32 heavy (non-hydrogen) atoms. The molecule has 1 saturated heterocycles. The first-order valence-electron chi connectivity index (χ1n) is 9.84. The summed E-state index contributed by atoms with van der Waals surface area (Å²) in [6, 6.07) is 9.17.